The molecule has 1 heterocycles. The van der Waals surface area contributed by atoms with E-state index in [4.69, 9.17) is 4.74 Å². The zero-order valence-electron chi connectivity index (χ0n) is 17.6. The van der Waals surface area contributed by atoms with E-state index in [1.165, 1.54) is 0 Å². The highest BCUT2D eigenvalue weighted by atomic mass is 16.5. The summed E-state index contributed by atoms with van der Waals surface area (Å²) in [5, 5.41) is 0. The minimum absolute atomic E-state index is 0.0877. The molecule has 0 N–H and O–H groups in total. The third-order valence-electron chi connectivity index (χ3n) is 5.32. The first-order chi connectivity index (χ1) is 13.9. The smallest absolute Gasteiger partial charge is 0.256 e. The summed E-state index contributed by atoms with van der Waals surface area (Å²) < 4.78 is 6.11. The maximum atomic E-state index is 13.2. The van der Waals surface area contributed by atoms with Gasteiger partial charge in [-0.05, 0) is 23.1 Å². The van der Waals surface area contributed by atoms with Crippen LogP contribution >= 0.6 is 0 Å². The standard InChI is InChI=1S/C24H30N2O3/c1-4-9-22(27)26-14-15-29-24(18-26,23(28)25(2)3)17-19-10-8-13-21(16-19)20-11-6-5-7-12-20/h5-8,10-13,16H,4,9,14-15,17-18H2,1-3H3. The van der Waals surface area contributed by atoms with E-state index in [-0.39, 0.29) is 11.8 Å². The second-order valence-electron chi connectivity index (χ2n) is 7.85. The summed E-state index contributed by atoms with van der Waals surface area (Å²) in [4.78, 5) is 29.0. The first-order valence-corrected chi connectivity index (χ1v) is 10.2. The molecule has 2 amide bonds. The number of amides is 2. The molecule has 1 atom stereocenters. The van der Waals surface area contributed by atoms with Crippen molar-refractivity contribution in [1.82, 2.24) is 9.80 Å². The second kappa shape index (κ2) is 9.23. The predicted molar refractivity (Wildman–Crippen MR) is 114 cm³/mol. The molecule has 154 valence electrons. The maximum absolute atomic E-state index is 13.2. The first-order valence-electron chi connectivity index (χ1n) is 10.2. The highest BCUT2D eigenvalue weighted by Gasteiger charge is 2.45. The lowest BCUT2D eigenvalue weighted by molar-refractivity contribution is -0.172. The summed E-state index contributed by atoms with van der Waals surface area (Å²) in [6, 6.07) is 18.4. The van der Waals surface area contributed by atoms with E-state index in [1.54, 1.807) is 23.9 Å². The molecule has 1 fully saturated rings. The van der Waals surface area contributed by atoms with Gasteiger partial charge in [0.05, 0.1) is 13.2 Å². The van der Waals surface area contributed by atoms with Crippen LogP contribution in [0.2, 0.25) is 0 Å². The normalized spacial score (nSPS) is 19.1. The van der Waals surface area contributed by atoms with Gasteiger partial charge in [0, 0.05) is 33.5 Å². The van der Waals surface area contributed by atoms with Crippen molar-refractivity contribution in [3.63, 3.8) is 0 Å². The number of carbonyl (C=O) groups is 2. The van der Waals surface area contributed by atoms with E-state index in [0.717, 1.165) is 23.1 Å². The van der Waals surface area contributed by atoms with E-state index in [0.29, 0.717) is 32.5 Å². The Morgan fingerprint density at radius 3 is 2.48 bits per heavy atom. The summed E-state index contributed by atoms with van der Waals surface area (Å²) in [5.74, 6) is -0.0126. The molecule has 1 aliphatic rings. The second-order valence-corrected chi connectivity index (χ2v) is 7.85. The van der Waals surface area contributed by atoms with Gasteiger partial charge >= 0.3 is 0 Å². The predicted octanol–water partition coefficient (Wildman–Crippen LogP) is 3.38. The Morgan fingerprint density at radius 2 is 1.79 bits per heavy atom. The van der Waals surface area contributed by atoms with Gasteiger partial charge < -0.3 is 14.5 Å². The molecule has 0 saturated carbocycles. The Labute approximate surface area is 173 Å². The molecule has 0 aliphatic carbocycles. The summed E-state index contributed by atoms with van der Waals surface area (Å²) in [6.07, 6.45) is 1.72. The van der Waals surface area contributed by atoms with Gasteiger partial charge in [0.2, 0.25) is 5.91 Å². The Bertz CT molecular complexity index is 850. The zero-order chi connectivity index (χ0) is 20.9. The van der Waals surface area contributed by atoms with Crippen molar-refractivity contribution in [1.29, 1.82) is 0 Å². The van der Waals surface area contributed by atoms with E-state index < -0.39 is 5.60 Å². The first kappa shape index (κ1) is 21.1. The average molecular weight is 395 g/mol. The summed E-state index contributed by atoms with van der Waals surface area (Å²) in [7, 11) is 3.47. The molecule has 5 nitrogen and oxygen atoms in total. The van der Waals surface area contributed by atoms with Crippen molar-refractivity contribution in [2.75, 3.05) is 33.8 Å². The van der Waals surface area contributed by atoms with Gasteiger partial charge in [0.1, 0.15) is 0 Å². The number of morpholine rings is 1. The van der Waals surface area contributed by atoms with Gasteiger partial charge in [-0.1, -0.05) is 61.5 Å². The Kier molecular flexibility index (Phi) is 6.70. The number of benzene rings is 2. The van der Waals surface area contributed by atoms with Crippen molar-refractivity contribution in [3.8, 4) is 11.1 Å². The number of ether oxygens (including phenoxy) is 1. The third kappa shape index (κ3) is 4.85. The largest absolute Gasteiger partial charge is 0.361 e. The lowest BCUT2D eigenvalue weighted by Gasteiger charge is -2.43. The van der Waals surface area contributed by atoms with Gasteiger partial charge in [0.15, 0.2) is 5.60 Å². The van der Waals surface area contributed by atoms with E-state index in [9.17, 15) is 9.59 Å². The van der Waals surface area contributed by atoms with E-state index in [2.05, 4.69) is 24.3 Å². The van der Waals surface area contributed by atoms with Crippen LogP contribution in [-0.2, 0) is 20.7 Å². The number of carbonyl (C=O) groups excluding carboxylic acids is 2. The lowest BCUT2D eigenvalue weighted by Crippen LogP contribution is -2.61. The van der Waals surface area contributed by atoms with Crippen LogP contribution in [0, 0.1) is 0 Å². The van der Waals surface area contributed by atoms with Crippen molar-refractivity contribution in [3.05, 3.63) is 60.2 Å². The number of hydrogen-bond donors (Lipinski definition) is 0. The molecule has 1 saturated heterocycles. The molecule has 0 bridgehead atoms. The Hall–Kier alpha value is -2.66. The average Bonchev–Trinajstić information content (AvgIpc) is 2.74. The minimum Gasteiger partial charge on any atom is -0.361 e. The summed E-state index contributed by atoms with van der Waals surface area (Å²) >= 11 is 0. The van der Waals surface area contributed by atoms with Crippen molar-refractivity contribution >= 4 is 11.8 Å². The highest BCUT2D eigenvalue weighted by molar-refractivity contribution is 5.87. The SMILES string of the molecule is CCCC(=O)N1CCOC(Cc2cccc(-c3ccccc3)c2)(C(=O)N(C)C)C1. The van der Waals surface area contributed by atoms with Gasteiger partial charge in [-0.2, -0.15) is 0 Å². The van der Waals surface area contributed by atoms with Gasteiger partial charge in [-0.3, -0.25) is 9.59 Å². The molecule has 1 unspecified atom stereocenters. The van der Waals surface area contributed by atoms with Crippen molar-refractivity contribution < 1.29 is 14.3 Å². The number of rotatable bonds is 6. The molecule has 3 rings (SSSR count). The molecule has 29 heavy (non-hydrogen) atoms. The third-order valence-corrected chi connectivity index (χ3v) is 5.32. The zero-order valence-corrected chi connectivity index (χ0v) is 17.6. The minimum atomic E-state index is -1.06. The Balaban J connectivity index is 1.90. The van der Waals surface area contributed by atoms with Crippen LogP contribution in [0.15, 0.2) is 54.6 Å². The quantitative estimate of drug-likeness (QED) is 0.755. The molecule has 5 heteroatoms. The fourth-order valence-corrected chi connectivity index (χ4v) is 3.91. The van der Waals surface area contributed by atoms with E-state index >= 15 is 0 Å². The number of likely N-dealkylation sites (N-methyl/N-ethyl adjacent to an activating group) is 1. The van der Waals surface area contributed by atoms with Crippen LogP contribution in [0.3, 0.4) is 0 Å². The van der Waals surface area contributed by atoms with E-state index in [1.807, 2.05) is 37.3 Å². The topological polar surface area (TPSA) is 49.9 Å². The van der Waals surface area contributed by atoms with Crippen LogP contribution in [0.5, 0.6) is 0 Å². The molecular formula is C24H30N2O3. The summed E-state index contributed by atoms with van der Waals surface area (Å²) in [5.41, 5.74) is 2.20. The van der Waals surface area contributed by atoms with Crippen LogP contribution in [0.4, 0.5) is 0 Å². The highest BCUT2D eigenvalue weighted by Crippen LogP contribution is 2.28. The van der Waals surface area contributed by atoms with Crippen LogP contribution in [0.1, 0.15) is 25.3 Å². The van der Waals surface area contributed by atoms with Crippen LogP contribution in [-0.4, -0.2) is 61.0 Å². The van der Waals surface area contributed by atoms with Crippen LogP contribution in [0.25, 0.3) is 11.1 Å². The number of nitrogens with zero attached hydrogens (tertiary/aromatic N) is 2. The molecule has 1 aliphatic heterocycles. The van der Waals surface area contributed by atoms with Gasteiger partial charge in [-0.15, -0.1) is 0 Å². The molecule has 2 aromatic carbocycles. The molecule has 2 aromatic rings. The van der Waals surface area contributed by atoms with Gasteiger partial charge in [-0.25, -0.2) is 0 Å². The molecule has 0 aromatic heterocycles. The van der Waals surface area contributed by atoms with Crippen molar-refractivity contribution in [2.45, 2.75) is 31.8 Å². The fraction of sp³-hybridized carbons (Fsp3) is 0.417. The monoisotopic (exact) mass is 394 g/mol. The fourth-order valence-electron chi connectivity index (χ4n) is 3.91. The molecule has 0 radical (unpaired) electrons. The Morgan fingerprint density at radius 1 is 1.07 bits per heavy atom. The van der Waals surface area contributed by atoms with Gasteiger partial charge in [0.25, 0.3) is 5.91 Å². The molecule has 0 spiro atoms. The molecular weight excluding hydrogens is 364 g/mol. The summed E-state index contributed by atoms with van der Waals surface area (Å²) in [6.45, 7) is 3.18. The number of hydrogen-bond acceptors (Lipinski definition) is 3. The van der Waals surface area contributed by atoms with Crippen molar-refractivity contribution in [2.24, 2.45) is 0 Å². The lowest BCUT2D eigenvalue weighted by atomic mass is 9.89. The maximum Gasteiger partial charge on any atom is 0.256 e. The van der Waals surface area contributed by atoms with Crippen LogP contribution < -0.4 is 0 Å².